The third-order valence-corrected chi connectivity index (χ3v) is 4.72. The van der Waals surface area contributed by atoms with Crippen molar-refractivity contribution >= 4 is 27.5 Å². The molecule has 17 heavy (non-hydrogen) atoms. The second kappa shape index (κ2) is 4.45. The fourth-order valence-corrected chi connectivity index (χ4v) is 3.60. The first-order valence-corrected chi connectivity index (χ1v) is 7.08. The average Bonchev–Trinajstić information content (AvgIpc) is 2.94. The van der Waals surface area contributed by atoms with Gasteiger partial charge in [0.25, 0.3) is 0 Å². The quantitative estimate of drug-likeness (QED) is 0.882. The molecule has 90 valence electrons. The van der Waals surface area contributed by atoms with E-state index in [-0.39, 0.29) is 11.8 Å². The number of fused-ring (bicyclic) bond motifs is 2. The molecule has 2 fully saturated rings. The van der Waals surface area contributed by atoms with Crippen LogP contribution in [0.25, 0.3) is 0 Å². The highest BCUT2D eigenvalue weighted by Gasteiger charge is 2.42. The van der Waals surface area contributed by atoms with Gasteiger partial charge in [-0.1, -0.05) is 22.4 Å². The molecule has 3 atom stereocenters. The van der Waals surface area contributed by atoms with Crippen LogP contribution in [-0.4, -0.2) is 5.91 Å². The van der Waals surface area contributed by atoms with Gasteiger partial charge in [0.15, 0.2) is 0 Å². The van der Waals surface area contributed by atoms with E-state index < -0.39 is 0 Å². The van der Waals surface area contributed by atoms with Crippen LogP contribution in [0.1, 0.15) is 25.7 Å². The molecule has 0 aliphatic heterocycles. The van der Waals surface area contributed by atoms with Gasteiger partial charge in [0.2, 0.25) is 5.91 Å². The van der Waals surface area contributed by atoms with Gasteiger partial charge in [0.1, 0.15) is 0 Å². The molecule has 1 N–H and O–H groups in total. The second-order valence-corrected chi connectivity index (χ2v) is 6.19. The van der Waals surface area contributed by atoms with E-state index in [1.807, 2.05) is 24.3 Å². The Bertz CT molecular complexity index is 428. The summed E-state index contributed by atoms with van der Waals surface area (Å²) >= 11 is 3.39. The third kappa shape index (κ3) is 2.25. The molecule has 1 amide bonds. The molecular formula is C14H16BrNO. The van der Waals surface area contributed by atoms with Gasteiger partial charge in [-0.25, -0.2) is 0 Å². The van der Waals surface area contributed by atoms with Crippen LogP contribution in [0, 0.1) is 17.8 Å². The smallest absolute Gasteiger partial charge is 0.227 e. The van der Waals surface area contributed by atoms with E-state index in [0.717, 1.165) is 22.5 Å². The Labute approximate surface area is 110 Å². The zero-order valence-corrected chi connectivity index (χ0v) is 11.2. The Morgan fingerprint density at radius 2 is 1.94 bits per heavy atom. The molecule has 0 unspecified atom stereocenters. The van der Waals surface area contributed by atoms with Gasteiger partial charge < -0.3 is 5.32 Å². The molecule has 3 rings (SSSR count). The van der Waals surface area contributed by atoms with Crippen molar-refractivity contribution in [1.29, 1.82) is 0 Å². The van der Waals surface area contributed by atoms with Crippen molar-refractivity contribution < 1.29 is 4.79 Å². The summed E-state index contributed by atoms with van der Waals surface area (Å²) in [5.41, 5.74) is 0.904. The summed E-state index contributed by atoms with van der Waals surface area (Å²) < 4.78 is 1.04. The summed E-state index contributed by atoms with van der Waals surface area (Å²) in [6, 6.07) is 7.79. The van der Waals surface area contributed by atoms with Crippen LogP contribution in [-0.2, 0) is 4.79 Å². The lowest BCUT2D eigenvalue weighted by Crippen LogP contribution is -2.27. The number of halogens is 1. The van der Waals surface area contributed by atoms with Gasteiger partial charge in [-0.05, 0) is 55.4 Å². The van der Waals surface area contributed by atoms with Crippen LogP contribution in [0.5, 0.6) is 0 Å². The first-order valence-electron chi connectivity index (χ1n) is 6.29. The van der Waals surface area contributed by atoms with Crippen LogP contribution in [0.4, 0.5) is 5.69 Å². The molecule has 0 heterocycles. The minimum atomic E-state index is 0.222. The molecule has 2 nitrogen and oxygen atoms in total. The molecule has 2 bridgehead atoms. The van der Waals surface area contributed by atoms with Crippen molar-refractivity contribution in [2.75, 3.05) is 5.32 Å². The average molecular weight is 294 g/mol. The number of amides is 1. The number of carbonyl (C=O) groups is 1. The van der Waals surface area contributed by atoms with E-state index in [1.165, 1.54) is 19.3 Å². The van der Waals surface area contributed by atoms with Gasteiger partial charge in [-0.15, -0.1) is 0 Å². The minimum absolute atomic E-state index is 0.222. The standard InChI is InChI=1S/C14H16BrNO/c15-11-3-5-12(6-4-11)16-14(17)13-8-9-1-2-10(13)7-9/h3-6,9-10,13H,1-2,7-8H2,(H,16,17)/t9-,10-,13+/m0/s1. The van der Waals surface area contributed by atoms with Gasteiger partial charge in [-0.2, -0.15) is 0 Å². The number of nitrogens with one attached hydrogen (secondary N) is 1. The first-order chi connectivity index (χ1) is 8.22. The van der Waals surface area contributed by atoms with Crippen LogP contribution in [0.3, 0.4) is 0 Å². The molecule has 0 radical (unpaired) electrons. The Balaban J connectivity index is 1.65. The van der Waals surface area contributed by atoms with Crippen molar-refractivity contribution in [2.45, 2.75) is 25.7 Å². The number of hydrogen-bond acceptors (Lipinski definition) is 1. The number of benzene rings is 1. The highest BCUT2D eigenvalue weighted by atomic mass is 79.9. The monoisotopic (exact) mass is 293 g/mol. The Morgan fingerprint density at radius 1 is 1.18 bits per heavy atom. The summed E-state index contributed by atoms with van der Waals surface area (Å²) in [7, 11) is 0. The maximum Gasteiger partial charge on any atom is 0.227 e. The van der Waals surface area contributed by atoms with Crippen LogP contribution >= 0.6 is 15.9 Å². The lowest BCUT2D eigenvalue weighted by Gasteiger charge is -2.20. The predicted octanol–water partition coefficient (Wildman–Crippen LogP) is 3.82. The van der Waals surface area contributed by atoms with Crippen molar-refractivity contribution in [3.63, 3.8) is 0 Å². The highest BCUT2D eigenvalue weighted by Crippen LogP contribution is 2.48. The van der Waals surface area contributed by atoms with Crippen LogP contribution < -0.4 is 5.32 Å². The van der Waals surface area contributed by atoms with Crippen molar-refractivity contribution in [3.05, 3.63) is 28.7 Å². The number of carbonyl (C=O) groups excluding carboxylic acids is 1. The maximum atomic E-state index is 12.2. The summed E-state index contributed by atoms with van der Waals surface area (Å²) in [6.07, 6.45) is 4.97. The Morgan fingerprint density at radius 3 is 2.53 bits per heavy atom. The molecule has 2 saturated carbocycles. The van der Waals surface area contributed by atoms with Crippen molar-refractivity contribution in [3.8, 4) is 0 Å². The van der Waals surface area contributed by atoms with Gasteiger partial charge >= 0.3 is 0 Å². The van der Waals surface area contributed by atoms with Crippen LogP contribution in [0.2, 0.25) is 0 Å². The lowest BCUT2D eigenvalue weighted by molar-refractivity contribution is -0.121. The molecule has 2 aliphatic rings. The fourth-order valence-electron chi connectivity index (χ4n) is 3.33. The van der Waals surface area contributed by atoms with E-state index in [4.69, 9.17) is 0 Å². The summed E-state index contributed by atoms with van der Waals surface area (Å²) in [4.78, 5) is 12.2. The lowest BCUT2D eigenvalue weighted by atomic mass is 9.88. The molecule has 2 aliphatic carbocycles. The third-order valence-electron chi connectivity index (χ3n) is 4.19. The number of rotatable bonds is 2. The van der Waals surface area contributed by atoms with Gasteiger partial charge in [0, 0.05) is 16.1 Å². The normalized spacial score (nSPS) is 30.5. The van der Waals surface area contributed by atoms with E-state index in [2.05, 4.69) is 21.2 Å². The fraction of sp³-hybridized carbons (Fsp3) is 0.500. The zero-order chi connectivity index (χ0) is 11.8. The first kappa shape index (κ1) is 11.3. The van der Waals surface area contributed by atoms with Gasteiger partial charge in [0.05, 0.1) is 0 Å². The van der Waals surface area contributed by atoms with E-state index >= 15 is 0 Å². The molecule has 0 spiro atoms. The summed E-state index contributed by atoms with van der Waals surface area (Å²) in [5.74, 6) is 1.95. The molecule has 0 aromatic heterocycles. The minimum Gasteiger partial charge on any atom is -0.326 e. The zero-order valence-electron chi connectivity index (χ0n) is 9.66. The van der Waals surface area contributed by atoms with Crippen molar-refractivity contribution in [1.82, 2.24) is 0 Å². The second-order valence-electron chi connectivity index (χ2n) is 5.28. The van der Waals surface area contributed by atoms with E-state index in [1.54, 1.807) is 0 Å². The molecule has 1 aromatic rings. The molecule has 3 heteroatoms. The van der Waals surface area contributed by atoms with E-state index in [0.29, 0.717) is 5.92 Å². The largest absolute Gasteiger partial charge is 0.326 e. The maximum absolute atomic E-state index is 12.2. The number of hydrogen-bond donors (Lipinski definition) is 1. The number of anilines is 1. The Kier molecular flexibility index (Phi) is 2.95. The Hall–Kier alpha value is -0.830. The van der Waals surface area contributed by atoms with Gasteiger partial charge in [-0.3, -0.25) is 4.79 Å². The molecule has 1 aromatic carbocycles. The molecular weight excluding hydrogens is 278 g/mol. The van der Waals surface area contributed by atoms with Crippen molar-refractivity contribution in [2.24, 2.45) is 17.8 Å². The SMILES string of the molecule is O=C(Nc1ccc(Br)cc1)[C@@H]1C[C@H]2CC[C@H]1C2. The van der Waals surface area contributed by atoms with E-state index in [9.17, 15) is 4.79 Å². The highest BCUT2D eigenvalue weighted by molar-refractivity contribution is 9.10. The predicted molar refractivity (Wildman–Crippen MR) is 71.7 cm³/mol. The summed E-state index contributed by atoms with van der Waals surface area (Å²) in [5, 5.41) is 3.04. The summed E-state index contributed by atoms with van der Waals surface area (Å²) in [6.45, 7) is 0. The van der Waals surface area contributed by atoms with Crippen LogP contribution in [0.15, 0.2) is 28.7 Å². The molecule has 0 saturated heterocycles. The topological polar surface area (TPSA) is 29.1 Å².